The van der Waals surface area contributed by atoms with Gasteiger partial charge >= 0.3 is 0 Å². The Labute approximate surface area is 94.8 Å². The molecule has 1 aromatic rings. The van der Waals surface area contributed by atoms with Crippen LogP contribution in [-0.4, -0.2) is 30.5 Å². The van der Waals surface area contributed by atoms with Crippen LogP contribution in [0, 0.1) is 5.82 Å². The summed E-state index contributed by atoms with van der Waals surface area (Å²) in [6, 6.07) is 6.14. The lowest BCUT2D eigenvalue weighted by atomic mass is 10.3. The zero-order valence-electron chi connectivity index (χ0n) is 9.74. The highest BCUT2D eigenvalue weighted by Crippen LogP contribution is 2.15. The van der Waals surface area contributed by atoms with E-state index in [1.165, 1.54) is 12.1 Å². The van der Waals surface area contributed by atoms with E-state index >= 15 is 0 Å². The molecule has 0 radical (unpaired) electrons. The average molecular weight is 225 g/mol. The zero-order chi connectivity index (χ0) is 12.1. The predicted octanol–water partition coefficient (Wildman–Crippen LogP) is 2.07. The SMILES string of the molecule is CC(C)N(C)C(=O)COc1ccccc1F. The Morgan fingerprint density at radius 1 is 1.44 bits per heavy atom. The largest absolute Gasteiger partial charge is 0.481 e. The maximum Gasteiger partial charge on any atom is 0.260 e. The van der Waals surface area contributed by atoms with E-state index in [9.17, 15) is 9.18 Å². The van der Waals surface area contributed by atoms with Crippen LogP contribution in [0.25, 0.3) is 0 Å². The predicted molar refractivity (Wildman–Crippen MR) is 59.8 cm³/mol. The van der Waals surface area contributed by atoms with E-state index in [-0.39, 0.29) is 24.3 Å². The normalized spacial score (nSPS) is 10.3. The van der Waals surface area contributed by atoms with Gasteiger partial charge in [-0.2, -0.15) is 0 Å². The van der Waals surface area contributed by atoms with E-state index in [4.69, 9.17) is 4.74 Å². The van der Waals surface area contributed by atoms with Crippen molar-refractivity contribution in [2.75, 3.05) is 13.7 Å². The van der Waals surface area contributed by atoms with Crippen molar-refractivity contribution < 1.29 is 13.9 Å². The fourth-order valence-corrected chi connectivity index (χ4v) is 1.09. The third-order valence-electron chi connectivity index (χ3n) is 2.36. The Balaban J connectivity index is 2.52. The van der Waals surface area contributed by atoms with Gasteiger partial charge in [0.2, 0.25) is 0 Å². The molecule has 1 aromatic carbocycles. The molecule has 4 heteroatoms. The van der Waals surface area contributed by atoms with Gasteiger partial charge in [0.05, 0.1) is 0 Å². The van der Waals surface area contributed by atoms with Crippen molar-refractivity contribution in [2.45, 2.75) is 19.9 Å². The molecule has 88 valence electrons. The summed E-state index contributed by atoms with van der Waals surface area (Å²) in [7, 11) is 1.69. The summed E-state index contributed by atoms with van der Waals surface area (Å²) >= 11 is 0. The van der Waals surface area contributed by atoms with Crippen molar-refractivity contribution in [3.8, 4) is 5.75 Å². The lowest BCUT2D eigenvalue weighted by Crippen LogP contribution is -2.36. The molecule has 0 fully saturated rings. The van der Waals surface area contributed by atoms with Gasteiger partial charge in [-0.05, 0) is 26.0 Å². The number of ether oxygens (including phenoxy) is 1. The molecule has 0 N–H and O–H groups in total. The number of carbonyl (C=O) groups excluding carboxylic acids is 1. The Morgan fingerprint density at radius 2 is 2.06 bits per heavy atom. The third kappa shape index (κ3) is 3.22. The fourth-order valence-electron chi connectivity index (χ4n) is 1.09. The molecule has 0 atom stereocenters. The summed E-state index contributed by atoms with van der Waals surface area (Å²) in [5, 5.41) is 0. The Bertz CT molecular complexity index is 366. The standard InChI is InChI=1S/C12H16FNO2/c1-9(2)14(3)12(15)8-16-11-7-5-4-6-10(11)13/h4-7,9H,8H2,1-3H3. The molecule has 0 bridgehead atoms. The van der Waals surface area contributed by atoms with Gasteiger partial charge in [0.1, 0.15) is 0 Å². The third-order valence-corrected chi connectivity index (χ3v) is 2.36. The lowest BCUT2D eigenvalue weighted by Gasteiger charge is -2.21. The minimum Gasteiger partial charge on any atom is -0.481 e. The van der Waals surface area contributed by atoms with Gasteiger partial charge in [-0.15, -0.1) is 0 Å². The van der Waals surface area contributed by atoms with E-state index in [2.05, 4.69) is 0 Å². The van der Waals surface area contributed by atoms with Gasteiger partial charge in [-0.1, -0.05) is 12.1 Å². The highest BCUT2D eigenvalue weighted by atomic mass is 19.1. The summed E-state index contributed by atoms with van der Waals surface area (Å²) in [5.74, 6) is -0.520. The molecule has 0 aliphatic rings. The molecule has 0 saturated carbocycles. The van der Waals surface area contributed by atoms with E-state index < -0.39 is 5.82 Å². The molecule has 0 aromatic heterocycles. The van der Waals surface area contributed by atoms with Crippen LogP contribution in [-0.2, 0) is 4.79 Å². The van der Waals surface area contributed by atoms with Gasteiger partial charge in [-0.25, -0.2) is 4.39 Å². The number of benzene rings is 1. The minimum absolute atomic E-state index is 0.105. The molecule has 0 aliphatic carbocycles. The van der Waals surface area contributed by atoms with Crippen LogP contribution in [0.1, 0.15) is 13.8 Å². The van der Waals surface area contributed by atoms with Crippen molar-refractivity contribution >= 4 is 5.91 Å². The summed E-state index contributed by atoms with van der Waals surface area (Å²) in [5.41, 5.74) is 0. The first-order valence-electron chi connectivity index (χ1n) is 5.15. The number of rotatable bonds is 4. The first-order chi connectivity index (χ1) is 7.52. The smallest absolute Gasteiger partial charge is 0.260 e. The summed E-state index contributed by atoms with van der Waals surface area (Å²) < 4.78 is 18.3. The Hall–Kier alpha value is -1.58. The average Bonchev–Trinajstić information content (AvgIpc) is 2.26. The van der Waals surface area contributed by atoms with Gasteiger partial charge in [0.15, 0.2) is 18.2 Å². The van der Waals surface area contributed by atoms with Crippen LogP contribution in [0.2, 0.25) is 0 Å². The maximum absolute atomic E-state index is 13.1. The number of carbonyl (C=O) groups is 1. The number of hydrogen-bond acceptors (Lipinski definition) is 2. The topological polar surface area (TPSA) is 29.5 Å². The van der Waals surface area contributed by atoms with Crippen LogP contribution in [0.3, 0.4) is 0 Å². The molecule has 16 heavy (non-hydrogen) atoms. The van der Waals surface area contributed by atoms with Crippen LogP contribution in [0.15, 0.2) is 24.3 Å². The minimum atomic E-state index is -0.456. The van der Waals surface area contributed by atoms with Gasteiger partial charge in [0, 0.05) is 13.1 Å². The number of amides is 1. The van der Waals surface area contributed by atoms with E-state index in [1.807, 2.05) is 13.8 Å². The molecular weight excluding hydrogens is 209 g/mol. The second kappa shape index (κ2) is 5.49. The zero-order valence-corrected chi connectivity index (χ0v) is 9.74. The fraction of sp³-hybridized carbons (Fsp3) is 0.417. The second-order valence-corrected chi connectivity index (χ2v) is 3.82. The summed E-state index contributed by atoms with van der Waals surface area (Å²) in [6.45, 7) is 3.66. The quantitative estimate of drug-likeness (QED) is 0.785. The Morgan fingerprint density at radius 3 is 2.62 bits per heavy atom. The first-order valence-corrected chi connectivity index (χ1v) is 5.15. The van der Waals surface area contributed by atoms with Gasteiger partial charge in [0.25, 0.3) is 5.91 Å². The number of nitrogens with zero attached hydrogens (tertiary/aromatic N) is 1. The number of para-hydroxylation sites is 1. The molecule has 0 saturated heterocycles. The van der Waals surface area contributed by atoms with E-state index in [0.29, 0.717) is 0 Å². The van der Waals surface area contributed by atoms with Crippen molar-refractivity contribution in [1.29, 1.82) is 0 Å². The van der Waals surface area contributed by atoms with Crippen LogP contribution < -0.4 is 4.74 Å². The highest BCUT2D eigenvalue weighted by Gasteiger charge is 2.13. The molecule has 0 spiro atoms. The molecule has 1 amide bonds. The van der Waals surface area contributed by atoms with E-state index in [0.717, 1.165) is 0 Å². The van der Waals surface area contributed by atoms with Gasteiger partial charge < -0.3 is 9.64 Å². The summed E-state index contributed by atoms with van der Waals surface area (Å²) in [6.07, 6.45) is 0. The van der Waals surface area contributed by atoms with Crippen molar-refractivity contribution in [3.63, 3.8) is 0 Å². The lowest BCUT2D eigenvalue weighted by molar-refractivity contribution is -0.133. The van der Waals surface area contributed by atoms with Crippen LogP contribution in [0.5, 0.6) is 5.75 Å². The molecule has 1 rings (SSSR count). The first kappa shape index (κ1) is 12.5. The highest BCUT2D eigenvalue weighted by molar-refractivity contribution is 5.77. The van der Waals surface area contributed by atoms with Crippen molar-refractivity contribution in [1.82, 2.24) is 4.90 Å². The molecule has 0 aliphatic heterocycles. The Kier molecular flexibility index (Phi) is 4.28. The molecule has 0 heterocycles. The van der Waals surface area contributed by atoms with Crippen LogP contribution in [0.4, 0.5) is 4.39 Å². The second-order valence-electron chi connectivity index (χ2n) is 3.82. The number of hydrogen-bond donors (Lipinski definition) is 0. The van der Waals surface area contributed by atoms with Crippen molar-refractivity contribution in [2.24, 2.45) is 0 Å². The molecular formula is C12H16FNO2. The monoisotopic (exact) mass is 225 g/mol. The molecule has 3 nitrogen and oxygen atoms in total. The van der Waals surface area contributed by atoms with Gasteiger partial charge in [-0.3, -0.25) is 4.79 Å². The number of halogens is 1. The molecule has 0 unspecified atom stereocenters. The van der Waals surface area contributed by atoms with Crippen LogP contribution >= 0.6 is 0 Å². The van der Waals surface area contributed by atoms with Crippen molar-refractivity contribution in [3.05, 3.63) is 30.1 Å². The maximum atomic E-state index is 13.1. The number of likely N-dealkylation sites (N-methyl/N-ethyl adjacent to an activating group) is 1. The van der Waals surface area contributed by atoms with E-state index in [1.54, 1.807) is 24.1 Å². The summed E-state index contributed by atoms with van der Waals surface area (Å²) in [4.78, 5) is 13.1.